The molecule has 0 aliphatic carbocycles. The Morgan fingerprint density at radius 3 is 2.90 bits per heavy atom. The van der Waals surface area contributed by atoms with Crippen molar-refractivity contribution in [1.82, 2.24) is 15.3 Å². The number of carbonyl (C=O) groups is 1. The number of aromatic nitrogens is 2. The van der Waals surface area contributed by atoms with Crippen LogP contribution in [0.5, 0.6) is 11.6 Å². The van der Waals surface area contributed by atoms with E-state index in [1.54, 1.807) is 12.3 Å². The number of anilines is 1. The van der Waals surface area contributed by atoms with Gasteiger partial charge in [-0.25, -0.2) is 4.98 Å². The third-order valence-corrected chi connectivity index (χ3v) is 3.19. The number of ether oxygens (including phenoxy) is 1. The molecule has 21 heavy (non-hydrogen) atoms. The number of hydrogen-bond donors (Lipinski definition) is 2. The maximum atomic E-state index is 11.1. The number of carbonyl (C=O) groups excluding carboxylic acids is 1. The van der Waals surface area contributed by atoms with E-state index in [4.69, 9.17) is 4.74 Å². The fraction of sp³-hybridized carbons (Fsp3) is 0.267. The van der Waals surface area contributed by atoms with Gasteiger partial charge in [-0.15, -0.1) is 0 Å². The van der Waals surface area contributed by atoms with Crippen molar-refractivity contribution in [3.63, 3.8) is 0 Å². The summed E-state index contributed by atoms with van der Waals surface area (Å²) in [4.78, 5) is 19.6. The highest BCUT2D eigenvalue weighted by Crippen LogP contribution is 2.19. The van der Waals surface area contributed by atoms with Crippen molar-refractivity contribution in [2.45, 2.75) is 18.9 Å². The van der Waals surface area contributed by atoms with E-state index in [1.165, 1.54) is 0 Å². The number of hydrogen-bond acceptors (Lipinski definition) is 5. The van der Waals surface area contributed by atoms with E-state index >= 15 is 0 Å². The summed E-state index contributed by atoms with van der Waals surface area (Å²) < 4.78 is 5.65. The van der Waals surface area contributed by atoms with Crippen LogP contribution >= 0.6 is 0 Å². The van der Waals surface area contributed by atoms with Crippen LogP contribution in [0.4, 0.5) is 5.95 Å². The van der Waals surface area contributed by atoms with Gasteiger partial charge in [0.05, 0.1) is 0 Å². The Labute approximate surface area is 122 Å². The monoisotopic (exact) mass is 284 g/mol. The second-order valence-corrected chi connectivity index (χ2v) is 4.82. The average molecular weight is 284 g/mol. The molecule has 108 valence electrons. The number of nitrogens with one attached hydrogen (secondary N) is 2. The van der Waals surface area contributed by atoms with Gasteiger partial charge < -0.3 is 15.4 Å². The first-order valence-electron chi connectivity index (χ1n) is 6.89. The Hall–Kier alpha value is -2.63. The summed E-state index contributed by atoms with van der Waals surface area (Å²) in [6.07, 6.45) is 3.07. The minimum absolute atomic E-state index is 0.101. The normalized spacial score (nSPS) is 17.3. The highest BCUT2D eigenvalue weighted by Gasteiger charge is 2.20. The predicted octanol–water partition coefficient (Wildman–Crippen LogP) is 1.96. The second-order valence-electron chi connectivity index (χ2n) is 4.82. The van der Waals surface area contributed by atoms with Crippen molar-refractivity contribution in [2.24, 2.45) is 0 Å². The SMILES string of the molecule is O=C1CC[C@@H](CNc2nccc(Oc3ccccc3)n2)N1. The van der Waals surface area contributed by atoms with Crippen LogP contribution in [0.2, 0.25) is 0 Å². The van der Waals surface area contributed by atoms with Crippen molar-refractivity contribution in [1.29, 1.82) is 0 Å². The molecule has 1 atom stereocenters. The van der Waals surface area contributed by atoms with Crippen molar-refractivity contribution in [3.8, 4) is 11.6 Å². The van der Waals surface area contributed by atoms with E-state index in [2.05, 4.69) is 20.6 Å². The zero-order chi connectivity index (χ0) is 14.5. The molecule has 1 saturated heterocycles. The molecular weight excluding hydrogens is 268 g/mol. The molecule has 2 heterocycles. The van der Waals surface area contributed by atoms with Crippen molar-refractivity contribution >= 4 is 11.9 Å². The lowest BCUT2D eigenvalue weighted by Gasteiger charge is -2.11. The van der Waals surface area contributed by atoms with Crippen LogP contribution in [0.1, 0.15) is 12.8 Å². The van der Waals surface area contributed by atoms with E-state index in [-0.39, 0.29) is 11.9 Å². The Morgan fingerprint density at radius 2 is 2.14 bits per heavy atom. The molecule has 0 saturated carbocycles. The molecule has 3 rings (SSSR count). The molecule has 2 N–H and O–H groups in total. The maximum Gasteiger partial charge on any atom is 0.226 e. The van der Waals surface area contributed by atoms with Crippen molar-refractivity contribution < 1.29 is 9.53 Å². The lowest BCUT2D eigenvalue weighted by molar-refractivity contribution is -0.119. The van der Waals surface area contributed by atoms with Gasteiger partial charge in [-0.1, -0.05) is 18.2 Å². The van der Waals surface area contributed by atoms with Crippen molar-refractivity contribution in [2.75, 3.05) is 11.9 Å². The van der Waals surface area contributed by atoms with E-state index in [0.717, 1.165) is 12.2 Å². The summed E-state index contributed by atoms with van der Waals surface area (Å²) in [6, 6.07) is 11.3. The Balaban J connectivity index is 1.59. The fourth-order valence-corrected chi connectivity index (χ4v) is 2.14. The number of amides is 1. The molecule has 0 unspecified atom stereocenters. The van der Waals surface area contributed by atoms with Gasteiger partial charge in [-0.3, -0.25) is 4.79 Å². The summed E-state index contributed by atoms with van der Waals surface area (Å²) in [5, 5.41) is 6.01. The van der Waals surface area contributed by atoms with Crippen LogP contribution in [-0.2, 0) is 4.79 Å². The Morgan fingerprint density at radius 1 is 1.29 bits per heavy atom. The molecule has 0 radical (unpaired) electrons. The molecule has 0 spiro atoms. The first-order valence-corrected chi connectivity index (χ1v) is 6.89. The number of nitrogens with zero attached hydrogens (tertiary/aromatic N) is 2. The Kier molecular flexibility index (Phi) is 3.95. The van der Waals surface area contributed by atoms with Crippen LogP contribution in [0.25, 0.3) is 0 Å². The molecule has 1 aromatic heterocycles. The van der Waals surface area contributed by atoms with Crippen LogP contribution in [0, 0.1) is 0 Å². The zero-order valence-electron chi connectivity index (χ0n) is 11.5. The van der Waals surface area contributed by atoms with Gasteiger partial charge >= 0.3 is 0 Å². The summed E-state index contributed by atoms with van der Waals surface area (Å²) in [6.45, 7) is 0.612. The minimum atomic E-state index is 0.101. The molecule has 1 aromatic carbocycles. The largest absolute Gasteiger partial charge is 0.439 e. The second kappa shape index (κ2) is 6.21. The van der Waals surface area contributed by atoms with Gasteiger partial charge in [-0.2, -0.15) is 4.98 Å². The minimum Gasteiger partial charge on any atom is -0.439 e. The topological polar surface area (TPSA) is 76.1 Å². The van der Waals surface area contributed by atoms with E-state index in [1.807, 2.05) is 30.3 Å². The summed E-state index contributed by atoms with van der Waals surface area (Å²) in [5.74, 6) is 1.80. The lowest BCUT2D eigenvalue weighted by atomic mass is 10.2. The fourth-order valence-electron chi connectivity index (χ4n) is 2.14. The summed E-state index contributed by atoms with van der Waals surface area (Å²) in [5.41, 5.74) is 0. The van der Waals surface area contributed by atoms with Crippen LogP contribution in [0.3, 0.4) is 0 Å². The molecular formula is C15H16N4O2. The highest BCUT2D eigenvalue weighted by molar-refractivity contribution is 5.78. The molecule has 1 fully saturated rings. The molecule has 1 aliphatic rings. The van der Waals surface area contributed by atoms with Gasteiger partial charge in [0.2, 0.25) is 17.7 Å². The van der Waals surface area contributed by atoms with Gasteiger partial charge in [0.25, 0.3) is 0 Å². The first kappa shape index (κ1) is 13.4. The average Bonchev–Trinajstić information content (AvgIpc) is 2.92. The molecule has 6 heteroatoms. The van der Waals surface area contributed by atoms with Crippen LogP contribution in [0.15, 0.2) is 42.6 Å². The van der Waals surface area contributed by atoms with Crippen LogP contribution in [-0.4, -0.2) is 28.5 Å². The van der Waals surface area contributed by atoms with Gasteiger partial charge in [0.1, 0.15) is 5.75 Å². The van der Waals surface area contributed by atoms with E-state index < -0.39 is 0 Å². The summed E-state index contributed by atoms with van der Waals surface area (Å²) >= 11 is 0. The van der Waals surface area contributed by atoms with Crippen molar-refractivity contribution in [3.05, 3.63) is 42.6 Å². The maximum absolute atomic E-state index is 11.1. The standard InChI is InChI=1S/C15H16N4O2/c20-13-7-6-11(18-13)10-17-15-16-9-8-14(19-15)21-12-4-2-1-3-5-12/h1-5,8-9,11H,6-7,10H2,(H,18,20)(H,16,17,19)/t11-/m0/s1. The lowest BCUT2D eigenvalue weighted by Crippen LogP contribution is -2.32. The smallest absolute Gasteiger partial charge is 0.226 e. The number of rotatable bonds is 5. The van der Waals surface area contributed by atoms with E-state index in [9.17, 15) is 4.79 Å². The molecule has 2 aromatic rings. The molecule has 0 bridgehead atoms. The Bertz CT molecular complexity index is 618. The quantitative estimate of drug-likeness (QED) is 0.877. The third kappa shape index (κ3) is 3.68. The molecule has 6 nitrogen and oxygen atoms in total. The number of para-hydroxylation sites is 1. The zero-order valence-corrected chi connectivity index (χ0v) is 11.5. The van der Waals surface area contributed by atoms with Gasteiger partial charge in [0, 0.05) is 31.3 Å². The third-order valence-electron chi connectivity index (χ3n) is 3.19. The predicted molar refractivity (Wildman–Crippen MR) is 78.2 cm³/mol. The first-order chi connectivity index (χ1) is 10.3. The highest BCUT2D eigenvalue weighted by atomic mass is 16.5. The van der Waals surface area contributed by atoms with Gasteiger partial charge in [0.15, 0.2) is 0 Å². The van der Waals surface area contributed by atoms with E-state index in [0.29, 0.717) is 24.8 Å². The van der Waals surface area contributed by atoms with Gasteiger partial charge in [-0.05, 0) is 18.6 Å². The molecule has 1 aliphatic heterocycles. The van der Waals surface area contributed by atoms with Crippen LogP contribution < -0.4 is 15.4 Å². The molecule has 1 amide bonds. The summed E-state index contributed by atoms with van der Waals surface area (Å²) in [7, 11) is 0. The number of benzene rings is 1.